The van der Waals surface area contributed by atoms with Gasteiger partial charge in [-0.1, -0.05) is 78.9 Å². The highest BCUT2D eigenvalue weighted by Gasteiger charge is 2.34. The Bertz CT molecular complexity index is 1320. The first-order valence-electron chi connectivity index (χ1n) is 9.94. The van der Waals surface area contributed by atoms with Gasteiger partial charge in [0.15, 0.2) is 5.78 Å². The predicted octanol–water partition coefficient (Wildman–Crippen LogP) is 5.35. The summed E-state index contributed by atoms with van der Waals surface area (Å²) in [5.74, 6) is -0.615. The number of rotatable bonds is 3. The molecule has 5 heteroatoms. The van der Waals surface area contributed by atoms with Crippen molar-refractivity contribution in [2.24, 2.45) is 4.99 Å². The molecule has 4 aromatic rings. The summed E-state index contributed by atoms with van der Waals surface area (Å²) in [5, 5.41) is 0. The van der Waals surface area contributed by atoms with Crippen LogP contribution >= 0.6 is 0 Å². The summed E-state index contributed by atoms with van der Waals surface area (Å²) in [4.78, 5) is 39.9. The Balaban J connectivity index is 1.70. The molecule has 0 N–H and O–H groups in total. The van der Waals surface area contributed by atoms with Crippen LogP contribution < -0.4 is 0 Å². The van der Waals surface area contributed by atoms with Crippen molar-refractivity contribution < 1.29 is 9.59 Å². The summed E-state index contributed by atoms with van der Waals surface area (Å²) in [6, 6.07) is 28.2. The quantitative estimate of drug-likeness (QED) is 0.462. The van der Waals surface area contributed by atoms with E-state index in [1.807, 2.05) is 78.9 Å². The zero-order chi connectivity index (χ0) is 21.2. The van der Waals surface area contributed by atoms with Crippen LogP contribution in [0.25, 0.3) is 22.5 Å². The van der Waals surface area contributed by atoms with E-state index in [1.54, 1.807) is 12.1 Å². The third-order valence-corrected chi connectivity index (χ3v) is 5.08. The molecule has 0 unspecified atom stereocenters. The minimum atomic E-state index is -0.359. The van der Waals surface area contributed by atoms with Gasteiger partial charge in [0.2, 0.25) is 5.78 Å². The number of nitrogens with zero attached hydrogens (tertiary/aromatic N) is 3. The van der Waals surface area contributed by atoms with Crippen molar-refractivity contribution in [3.63, 3.8) is 0 Å². The fourth-order valence-electron chi connectivity index (χ4n) is 3.58. The topological polar surface area (TPSA) is 72.3 Å². The van der Waals surface area contributed by atoms with Gasteiger partial charge < -0.3 is 0 Å². The Morgan fingerprint density at radius 2 is 1.06 bits per heavy atom. The van der Waals surface area contributed by atoms with Crippen LogP contribution in [0.3, 0.4) is 0 Å². The number of benzene rings is 3. The fraction of sp³-hybridized carbons (Fsp3) is 0.0385. The van der Waals surface area contributed by atoms with Crippen LogP contribution in [0, 0.1) is 0 Å². The van der Waals surface area contributed by atoms with Crippen LogP contribution in [-0.4, -0.2) is 27.2 Å². The molecule has 0 saturated heterocycles. The second-order valence-electron chi connectivity index (χ2n) is 7.17. The molecule has 0 radical (unpaired) electrons. The number of carbonyl (C=O) groups excluding carboxylic acids is 2. The molecule has 0 atom stereocenters. The van der Waals surface area contributed by atoms with E-state index >= 15 is 0 Å². The van der Waals surface area contributed by atoms with Gasteiger partial charge in [0.05, 0.1) is 29.2 Å². The fourth-order valence-corrected chi connectivity index (χ4v) is 3.58. The third-order valence-electron chi connectivity index (χ3n) is 5.08. The van der Waals surface area contributed by atoms with Crippen molar-refractivity contribution >= 4 is 23.0 Å². The summed E-state index contributed by atoms with van der Waals surface area (Å²) in [6.07, 6.45) is -0.0890. The zero-order valence-electron chi connectivity index (χ0n) is 16.5. The van der Waals surface area contributed by atoms with E-state index in [-0.39, 0.29) is 35.1 Å². The third kappa shape index (κ3) is 3.57. The van der Waals surface area contributed by atoms with Crippen molar-refractivity contribution in [3.05, 3.63) is 102 Å². The molecule has 0 bridgehead atoms. The highest BCUT2D eigenvalue weighted by molar-refractivity contribution is 6.52. The number of Topliss-reactive ketones (excluding diaryl/α,β-unsaturated/α-hetero) is 2. The summed E-state index contributed by atoms with van der Waals surface area (Å²) in [7, 11) is 0. The van der Waals surface area contributed by atoms with Crippen molar-refractivity contribution in [2.45, 2.75) is 6.42 Å². The lowest BCUT2D eigenvalue weighted by molar-refractivity contribution is 0.0957. The first kappa shape index (κ1) is 18.8. The monoisotopic (exact) mass is 403 g/mol. The van der Waals surface area contributed by atoms with Crippen LogP contribution in [0.4, 0.5) is 5.69 Å². The van der Waals surface area contributed by atoms with Gasteiger partial charge in [-0.15, -0.1) is 0 Å². The molecule has 3 aromatic carbocycles. The largest absolute Gasteiger partial charge is 0.292 e. The van der Waals surface area contributed by atoms with Gasteiger partial charge in [-0.3, -0.25) is 9.59 Å². The molecule has 0 aliphatic heterocycles. The molecule has 0 fully saturated rings. The van der Waals surface area contributed by atoms with Crippen LogP contribution in [-0.2, 0) is 0 Å². The smallest absolute Gasteiger partial charge is 0.228 e. The lowest BCUT2D eigenvalue weighted by Crippen LogP contribution is -2.30. The van der Waals surface area contributed by atoms with Crippen LogP contribution in [0.1, 0.15) is 27.4 Å². The number of fused-ring (bicyclic) bond motifs is 1. The van der Waals surface area contributed by atoms with Crippen LogP contribution in [0.5, 0.6) is 0 Å². The molecule has 0 spiro atoms. The minimum absolute atomic E-state index is 0.0597. The number of ketones is 2. The van der Waals surface area contributed by atoms with Gasteiger partial charge in [-0.05, 0) is 12.1 Å². The Labute approximate surface area is 179 Å². The second kappa shape index (κ2) is 7.88. The Morgan fingerprint density at radius 3 is 1.61 bits per heavy atom. The van der Waals surface area contributed by atoms with Gasteiger partial charge in [-0.25, -0.2) is 15.0 Å². The number of hydrogen-bond donors (Lipinski definition) is 0. The summed E-state index contributed by atoms with van der Waals surface area (Å²) < 4.78 is 0. The van der Waals surface area contributed by atoms with E-state index in [9.17, 15) is 9.59 Å². The summed E-state index contributed by atoms with van der Waals surface area (Å²) in [5.41, 5.74) is 3.77. The molecular formula is C26H17N3O2. The predicted molar refractivity (Wildman–Crippen MR) is 120 cm³/mol. The maximum absolute atomic E-state index is 13.2. The Hall–Kier alpha value is -4.25. The Kier molecular flexibility index (Phi) is 4.77. The molecular weight excluding hydrogens is 386 g/mol. The van der Waals surface area contributed by atoms with Gasteiger partial charge >= 0.3 is 0 Å². The molecule has 0 amide bonds. The van der Waals surface area contributed by atoms with Crippen LogP contribution in [0.15, 0.2) is 96.0 Å². The maximum Gasteiger partial charge on any atom is 0.228 e. The van der Waals surface area contributed by atoms with E-state index in [0.29, 0.717) is 17.1 Å². The molecule has 31 heavy (non-hydrogen) atoms. The van der Waals surface area contributed by atoms with Gasteiger partial charge in [0.25, 0.3) is 0 Å². The van der Waals surface area contributed by atoms with Gasteiger partial charge in [-0.2, -0.15) is 0 Å². The normalized spacial score (nSPS) is 14.5. The summed E-state index contributed by atoms with van der Waals surface area (Å²) in [6.45, 7) is 0. The molecule has 1 heterocycles. The molecule has 1 aliphatic rings. The lowest BCUT2D eigenvalue weighted by Gasteiger charge is -2.18. The first-order valence-corrected chi connectivity index (χ1v) is 9.94. The first-order chi connectivity index (χ1) is 15.2. The average molecular weight is 403 g/mol. The SMILES string of the molecule is O=C1CC(=Nc2ccccc2)C(=O)c2nc(-c3ccccc3)c(-c3ccccc3)nc21. The number of para-hydroxylation sites is 1. The number of carbonyl (C=O) groups is 2. The highest BCUT2D eigenvalue weighted by Crippen LogP contribution is 2.32. The maximum atomic E-state index is 13.2. The van der Waals surface area contributed by atoms with E-state index in [2.05, 4.69) is 15.0 Å². The van der Waals surface area contributed by atoms with E-state index in [4.69, 9.17) is 0 Å². The number of hydrogen-bond acceptors (Lipinski definition) is 5. The lowest BCUT2D eigenvalue weighted by atomic mass is 9.94. The number of aliphatic imine (C=N–C) groups is 1. The van der Waals surface area contributed by atoms with Crippen molar-refractivity contribution in [3.8, 4) is 22.5 Å². The molecule has 5 rings (SSSR count). The zero-order valence-corrected chi connectivity index (χ0v) is 16.5. The highest BCUT2D eigenvalue weighted by atomic mass is 16.1. The minimum Gasteiger partial charge on any atom is -0.292 e. The molecule has 0 saturated carbocycles. The standard InChI is InChI=1S/C26H17N3O2/c30-21-16-20(27-19-14-8-3-9-15-19)26(31)25-24(21)28-22(17-10-4-1-5-11-17)23(29-25)18-12-6-2-7-13-18/h1-15H,16H2. The van der Waals surface area contributed by atoms with E-state index in [0.717, 1.165) is 11.1 Å². The molecule has 5 nitrogen and oxygen atoms in total. The van der Waals surface area contributed by atoms with Crippen molar-refractivity contribution in [1.29, 1.82) is 0 Å². The number of aromatic nitrogens is 2. The van der Waals surface area contributed by atoms with Gasteiger partial charge in [0, 0.05) is 11.1 Å². The van der Waals surface area contributed by atoms with Crippen molar-refractivity contribution in [1.82, 2.24) is 9.97 Å². The van der Waals surface area contributed by atoms with E-state index in [1.165, 1.54) is 0 Å². The molecule has 148 valence electrons. The van der Waals surface area contributed by atoms with Crippen molar-refractivity contribution in [2.75, 3.05) is 0 Å². The van der Waals surface area contributed by atoms with E-state index < -0.39 is 0 Å². The summed E-state index contributed by atoms with van der Waals surface area (Å²) >= 11 is 0. The Morgan fingerprint density at radius 1 is 0.581 bits per heavy atom. The van der Waals surface area contributed by atoms with Gasteiger partial charge in [0.1, 0.15) is 11.4 Å². The molecule has 1 aliphatic carbocycles. The van der Waals surface area contributed by atoms with Crippen LogP contribution in [0.2, 0.25) is 0 Å². The molecule has 1 aromatic heterocycles. The average Bonchev–Trinajstić information content (AvgIpc) is 2.83. The second-order valence-corrected chi connectivity index (χ2v) is 7.17.